The molecule has 1 atom stereocenters. The van der Waals surface area contributed by atoms with Crippen LogP contribution in [0, 0.1) is 0 Å². The molecule has 0 aromatic carbocycles. The maximum atomic E-state index is 5.85. The molecule has 2 N–H and O–H groups in total. The van der Waals surface area contributed by atoms with E-state index in [0.717, 1.165) is 0 Å². The molecule has 1 heterocycles. The van der Waals surface area contributed by atoms with Crippen molar-refractivity contribution >= 4 is 0 Å². The van der Waals surface area contributed by atoms with Crippen LogP contribution in [0.2, 0.25) is 0 Å². The van der Waals surface area contributed by atoms with Crippen molar-refractivity contribution in [1.29, 1.82) is 0 Å². The van der Waals surface area contributed by atoms with Crippen LogP contribution in [0.15, 0.2) is 0 Å². The fourth-order valence-electron chi connectivity index (χ4n) is 2.17. The zero-order valence-electron chi connectivity index (χ0n) is 6.60. The van der Waals surface area contributed by atoms with Gasteiger partial charge in [-0.05, 0) is 19.8 Å². The van der Waals surface area contributed by atoms with E-state index in [1.54, 1.807) is 0 Å². The van der Waals surface area contributed by atoms with Crippen molar-refractivity contribution in [2.24, 2.45) is 0 Å². The van der Waals surface area contributed by atoms with Crippen LogP contribution >= 0.6 is 0 Å². The van der Waals surface area contributed by atoms with Crippen LogP contribution < -0.4 is 5.32 Å². The molecule has 2 nitrogen and oxygen atoms in total. The van der Waals surface area contributed by atoms with Crippen LogP contribution in [0.4, 0.5) is 0 Å². The summed E-state index contributed by atoms with van der Waals surface area (Å²) < 4.78 is 5.85. The smallest absolute Gasteiger partial charge is 0.200 e. The second kappa shape index (κ2) is 2.21. The Hall–Kier alpha value is -0.0800. The van der Waals surface area contributed by atoms with E-state index in [9.17, 15) is 0 Å². The summed E-state index contributed by atoms with van der Waals surface area (Å²) in [4.78, 5) is 0. The van der Waals surface area contributed by atoms with Gasteiger partial charge < -0.3 is 10.1 Å². The Morgan fingerprint density at radius 1 is 1.40 bits per heavy atom. The monoisotopic (exact) mass is 142 g/mol. The summed E-state index contributed by atoms with van der Waals surface area (Å²) in [5, 5.41) is 2.39. The highest BCUT2D eigenvalue weighted by molar-refractivity contribution is 4.78. The van der Waals surface area contributed by atoms with Gasteiger partial charge in [-0.15, -0.1) is 0 Å². The topological polar surface area (TPSA) is 25.8 Å². The van der Waals surface area contributed by atoms with Gasteiger partial charge in [0.25, 0.3) is 0 Å². The fourth-order valence-corrected chi connectivity index (χ4v) is 2.17. The van der Waals surface area contributed by atoms with Crippen molar-refractivity contribution in [3.8, 4) is 0 Å². The second-order valence-corrected chi connectivity index (χ2v) is 3.64. The fraction of sp³-hybridized carbons (Fsp3) is 1.00. The summed E-state index contributed by atoms with van der Waals surface area (Å²) in [5.41, 5.74) is 0.236. The molecule has 0 aromatic rings. The summed E-state index contributed by atoms with van der Waals surface area (Å²) in [6.45, 7) is 3.34. The minimum atomic E-state index is 0.236. The molecule has 1 saturated carbocycles. The van der Waals surface area contributed by atoms with E-state index >= 15 is 0 Å². The van der Waals surface area contributed by atoms with E-state index in [1.807, 2.05) is 0 Å². The molecule has 1 saturated heterocycles. The number of quaternary nitrogens is 1. The molecule has 0 radical (unpaired) electrons. The van der Waals surface area contributed by atoms with Gasteiger partial charge in [-0.1, -0.05) is 0 Å². The van der Waals surface area contributed by atoms with Crippen LogP contribution in [0.3, 0.4) is 0 Å². The first kappa shape index (κ1) is 6.62. The van der Waals surface area contributed by atoms with Gasteiger partial charge in [-0.3, -0.25) is 0 Å². The Balaban J connectivity index is 2.03. The number of ether oxygens (including phenoxy) is 1. The first-order valence-electron chi connectivity index (χ1n) is 4.33. The van der Waals surface area contributed by atoms with E-state index < -0.39 is 0 Å². The third kappa shape index (κ3) is 0.956. The molecule has 2 aliphatic rings. The van der Waals surface area contributed by atoms with Crippen LogP contribution in [-0.2, 0) is 4.74 Å². The molecule has 2 rings (SSSR count). The van der Waals surface area contributed by atoms with Crippen molar-refractivity contribution < 1.29 is 10.1 Å². The van der Waals surface area contributed by atoms with E-state index in [4.69, 9.17) is 4.74 Å². The van der Waals surface area contributed by atoms with Gasteiger partial charge >= 0.3 is 0 Å². The molecule has 0 unspecified atom stereocenters. The lowest BCUT2D eigenvalue weighted by Gasteiger charge is -2.17. The average molecular weight is 142 g/mol. The van der Waals surface area contributed by atoms with Crippen molar-refractivity contribution in [3.63, 3.8) is 0 Å². The van der Waals surface area contributed by atoms with Gasteiger partial charge in [-0.2, -0.15) is 0 Å². The Bertz CT molecular complexity index is 129. The minimum Gasteiger partial charge on any atom is -0.318 e. The number of hydrogen-bond donors (Lipinski definition) is 1. The summed E-state index contributed by atoms with van der Waals surface area (Å²) in [5.74, 6) is 0. The normalized spacial score (nSPS) is 37.5. The maximum absolute atomic E-state index is 5.85. The molecule has 0 aromatic heterocycles. The summed E-state index contributed by atoms with van der Waals surface area (Å²) in [6, 6.07) is 0. The summed E-state index contributed by atoms with van der Waals surface area (Å²) in [7, 11) is 0. The molecule has 2 heteroatoms. The van der Waals surface area contributed by atoms with Gasteiger partial charge in [0.1, 0.15) is 12.6 Å². The minimum absolute atomic E-state index is 0.236. The lowest BCUT2D eigenvalue weighted by molar-refractivity contribution is -0.732. The predicted molar refractivity (Wildman–Crippen MR) is 38.5 cm³/mol. The highest BCUT2D eigenvalue weighted by Gasteiger charge is 2.44. The van der Waals surface area contributed by atoms with Crippen molar-refractivity contribution in [3.05, 3.63) is 0 Å². The van der Waals surface area contributed by atoms with E-state index in [1.165, 1.54) is 32.2 Å². The van der Waals surface area contributed by atoms with E-state index in [2.05, 4.69) is 12.2 Å². The van der Waals surface area contributed by atoms with Crippen molar-refractivity contribution in [2.45, 2.75) is 44.4 Å². The Labute approximate surface area is 61.9 Å². The lowest BCUT2D eigenvalue weighted by Crippen LogP contribution is -2.93. The Morgan fingerprint density at radius 3 is 2.60 bits per heavy atom. The van der Waals surface area contributed by atoms with Crippen LogP contribution in [-0.4, -0.2) is 18.4 Å². The van der Waals surface area contributed by atoms with Gasteiger partial charge in [0.05, 0.1) is 0 Å². The number of hydrogen-bond acceptors (Lipinski definition) is 1. The Morgan fingerprint density at radius 2 is 2.10 bits per heavy atom. The average Bonchev–Trinajstić information content (AvgIpc) is 2.46. The molecule has 58 valence electrons. The zero-order valence-corrected chi connectivity index (χ0v) is 6.60. The maximum Gasteiger partial charge on any atom is 0.200 e. The highest BCUT2D eigenvalue weighted by atomic mass is 16.5. The van der Waals surface area contributed by atoms with Crippen molar-refractivity contribution in [1.82, 2.24) is 0 Å². The predicted octanol–water partition coefficient (Wildman–Crippen LogP) is 0.239. The SMILES string of the molecule is C[C@H]1C[NH2+]C2(CCCC2)O1. The molecule has 1 aliphatic carbocycles. The zero-order chi connectivity index (χ0) is 7.03. The number of rotatable bonds is 0. The first-order chi connectivity index (χ1) is 4.81. The first-order valence-corrected chi connectivity index (χ1v) is 4.33. The van der Waals surface area contributed by atoms with E-state index in [0.29, 0.717) is 6.10 Å². The van der Waals surface area contributed by atoms with Gasteiger partial charge in [0, 0.05) is 12.8 Å². The molecule has 1 aliphatic heterocycles. The number of nitrogens with two attached hydrogens (primary N) is 1. The summed E-state index contributed by atoms with van der Waals surface area (Å²) in [6.07, 6.45) is 5.76. The van der Waals surface area contributed by atoms with Gasteiger partial charge in [0.2, 0.25) is 5.72 Å². The molecular weight excluding hydrogens is 126 g/mol. The molecule has 2 fully saturated rings. The molecule has 0 bridgehead atoms. The third-order valence-electron chi connectivity index (χ3n) is 2.71. The van der Waals surface area contributed by atoms with Crippen molar-refractivity contribution in [2.75, 3.05) is 6.54 Å². The van der Waals surface area contributed by atoms with Crippen LogP contribution in [0.1, 0.15) is 32.6 Å². The quantitative estimate of drug-likeness (QED) is 0.515. The molecule has 0 amide bonds. The molecular formula is C8H16NO+. The largest absolute Gasteiger partial charge is 0.318 e. The molecule has 1 spiro atoms. The van der Waals surface area contributed by atoms with Gasteiger partial charge in [-0.25, -0.2) is 0 Å². The highest BCUT2D eigenvalue weighted by Crippen LogP contribution is 2.30. The Kier molecular flexibility index (Phi) is 1.46. The lowest BCUT2D eigenvalue weighted by atomic mass is 10.2. The summed E-state index contributed by atoms with van der Waals surface area (Å²) >= 11 is 0. The third-order valence-corrected chi connectivity index (χ3v) is 2.71. The van der Waals surface area contributed by atoms with Crippen LogP contribution in [0.5, 0.6) is 0 Å². The second-order valence-electron chi connectivity index (χ2n) is 3.64. The van der Waals surface area contributed by atoms with E-state index in [-0.39, 0.29) is 5.72 Å². The standard InChI is InChI=1S/C8H15NO/c1-7-6-9-8(10-7)4-2-3-5-8/h7,9H,2-6H2,1H3/p+1/t7-/m0/s1. The van der Waals surface area contributed by atoms with Crippen LogP contribution in [0.25, 0.3) is 0 Å². The molecule has 10 heavy (non-hydrogen) atoms. The van der Waals surface area contributed by atoms with Gasteiger partial charge in [0.15, 0.2) is 0 Å².